The van der Waals surface area contributed by atoms with Gasteiger partial charge in [0.25, 0.3) is 5.91 Å². The first-order valence-electron chi connectivity index (χ1n) is 9.62. The van der Waals surface area contributed by atoms with Gasteiger partial charge in [0.2, 0.25) is 0 Å². The van der Waals surface area contributed by atoms with Gasteiger partial charge in [-0.2, -0.15) is 0 Å². The van der Waals surface area contributed by atoms with Gasteiger partial charge in [-0.1, -0.05) is 30.3 Å². The van der Waals surface area contributed by atoms with Crippen molar-refractivity contribution in [2.45, 2.75) is 12.7 Å². The molecule has 0 bridgehead atoms. The van der Waals surface area contributed by atoms with Crippen molar-refractivity contribution in [3.8, 4) is 11.5 Å². The van der Waals surface area contributed by atoms with E-state index in [-0.39, 0.29) is 19.1 Å². The first-order chi connectivity index (χ1) is 14.6. The van der Waals surface area contributed by atoms with Crippen molar-refractivity contribution < 1.29 is 24.1 Å². The number of nitrogens with one attached hydrogen (secondary N) is 1. The Labute approximate surface area is 176 Å². The number of hydrogen-bond acceptors (Lipinski definition) is 5. The lowest BCUT2D eigenvalue weighted by Crippen LogP contribution is -2.23. The zero-order valence-corrected chi connectivity index (χ0v) is 16.8. The molecule has 3 aromatic carbocycles. The van der Waals surface area contributed by atoms with E-state index in [1.807, 2.05) is 42.5 Å². The van der Waals surface area contributed by atoms with E-state index < -0.39 is 6.10 Å². The minimum atomic E-state index is -0.749. The molecule has 0 radical (unpaired) electrons. The van der Waals surface area contributed by atoms with Crippen molar-refractivity contribution in [1.82, 2.24) is 0 Å². The van der Waals surface area contributed by atoms with Crippen LogP contribution < -0.4 is 14.8 Å². The summed E-state index contributed by atoms with van der Waals surface area (Å²) in [6.07, 6.45) is -0.749. The highest BCUT2D eigenvalue weighted by molar-refractivity contribution is 6.04. The Balaban J connectivity index is 1.38. The molecule has 0 aromatic heterocycles. The molecule has 1 atom stereocenters. The predicted molar refractivity (Wildman–Crippen MR) is 115 cm³/mol. The second-order valence-electron chi connectivity index (χ2n) is 6.67. The molecule has 1 amide bonds. The number of benzene rings is 3. The van der Waals surface area contributed by atoms with E-state index in [1.165, 1.54) is 0 Å². The number of aliphatic hydroxyl groups is 1. The second kappa shape index (κ2) is 11.0. The monoisotopic (exact) mass is 407 g/mol. The summed E-state index contributed by atoms with van der Waals surface area (Å²) in [5, 5.41) is 12.9. The summed E-state index contributed by atoms with van der Waals surface area (Å²) < 4.78 is 16.2. The first-order valence-corrected chi connectivity index (χ1v) is 9.62. The molecule has 0 aliphatic carbocycles. The Morgan fingerprint density at radius 3 is 2.23 bits per heavy atom. The summed E-state index contributed by atoms with van der Waals surface area (Å²) in [6.45, 7) is 0.673. The van der Waals surface area contributed by atoms with Crippen LogP contribution in [-0.2, 0) is 11.3 Å². The highest BCUT2D eigenvalue weighted by Crippen LogP contribution is 2.17. The normalized spacial score (nSPS) is 11.5. The smallest absolute Gasteiger partial charge is 0.255 e. The fourth-order valence-corrected chi connectivity index (χ4v) is 2.70. The zero-order valence-electron chi connectivity index (χ0n) is 16.8. The lowest BCUT2D eigenvalue weighted by Gasteiger charge is -2.13. The molecule has 2 N–H and O–H groups in total. The standard InChI is InChI=1S/C24H25NO5/c1-28-22-11-7-18(8-12-22)15-29-16-21(26)17-30-23-13-9-20(10-14-23)25-24(27)19-5-3-2-4-6-19/h2-14,21,26H,15-17H2,1H3,(H,25,27)/t21-/m1/s1. The van der Waals surface area contributed by atoms with E-state index in [4.69, 9.17) is 14.2 Å². The van der Waals surface area contributed by atoms with Crippen molar-refractivity contribution in [3.05, 3.63) is 90.0 Å². The average molecular weight is 407 g/mol. The predicted octanol–water partition coefficient (Wildman–Crippen LogP) is 3.90. The Bertz CT molecular complexity index is 911. The van der Waals surface area contributed by atoms with Crippen LogP contribution in [-0.4, -0.2) is 37.4 Å². The van der Waals surface area contributed by atoms with E-state index in [2.05, 4.69) is 5.32 Å². The van der Waals surface area contributed by atoms with Crippen molar-refractivity contribution in [2.75, 3.05) is 25.6 Å². The van der Waals surface area contributed by atoms with Gasteiger partial charge in [0.1, 0.15) is 24.2 Å². The van der Waals surface area contributed by atoms with Crippen LogP contribution in [0.3, 0.4) is 0 Å². The number of carbonyl (C=O) groups excluding carboxylic acids is 1. The maximum absolute atomic E-state index is 12.2. The molecule has 0 saturated heterocycles. The van der Waals surface area contributed by atoms with Gasteiger partial charge in [0, 0.05) is 11.3 Å². The van der Waals surface area contributed by atoms with Gasteiger partial charge < -0.3 is 24.6 Å². The largest absolute Gasteiger partial charge is 0.497 e. The van der Waals surface area contributed by atoms with Crippen molar-refractivity contribution >= 4 is 11.6 Å². The number of carbonyl (C=O) groups is 1. The number of anilines is 1. The summed E-state index contributed by atoms with van der Waals surface area (Å²) in [5.41, 5.74) is 2.26. The number of amides is 1. The lowest BCUT2D eigenvalue weighted by atomic mass is 10.2. The molecule has 3 rings (SSSR count). The second-order valence-corrected chi connectivity index (χ2v) is 6.67. The van der Waals surface area contributed by atoms with Gasteiger partial charge in [-0.15, -0.1) is 0 Å². The molecule has 156 valence electrons. The Hall–Kier alpha value is -3.35. The van der Waals surface area contributed by atoms with Crippen LogP contribution in [0.5, 0.6) is 11.5 Å². The Morgan fingerprint density at radius 1 is 0.900 bits per heavy atom. The first kappa shape index (κ1) is 21.4. The van der Waals surface area contributed by atoms with Crippen molar-refractivity contribution in [3.63, 3.8) is 0 Å². The van der Waals surface area contributed by atoms with Crippen LogP contribution in [0, 0.1) is 0 Å². The number of rotatable bonds is 10. The SMILES string of the molecule is COc1ccc(COC[C@@H](O)COc2ccc(NC(=O)c3ccccc3)cc2)cc1. The molecule has 3 aromatic rings. The van der Waals surface area contributed by atoms with Crippen molar-refractivity contribution in [2.24, 2.45) is 0 Å². The van der Waals surface area contributed by atoms with Gasteiger partial charge in [-0.05, 0) is 54.1 Å². The van der Waals surface area contributed by atoms with Crippen LogP contribution in [0.1, 0.15) is 15.9 Å². The van der Waals surface area contributed by atoms with Gasteiger partial charge in [-0.25, -0.2) is 0 Å². The summed E-state index contributed by atoms with van der Waals surface area (Å²) in [7, 11) is 1.62. The van der Waals surface area contributed by atoms with Crippen LogP contribution in [0.2, 0.25) is 0 Å². The van der Waals surface area contributed by atoms with Gasteiger partial charge in [0.15, 0.2) is 0 Å². The van der Waals surface area contributed by atoms with Gasteiger partial charge in [-0.3, -0.25) is 4.79 Å². The lowest BCUT2D eigenvalue weighted by molar-refractivity contribution is 0.00548. The molecule has 6 nitrogen and oxygen atoms in total. The summed E-state index contributed by atoms with van der Waals surface area (Å²) in [6, 6.07) is 23.6. The number of methoxy groups -OCH3 is 1. The maximum Gasteiger partial charge on any atom is 0.255 e. The third-order valence-electron chi connectivity index (χ3n) is 4.33. The highest BCUT2D eigenvalue weighted by atomic mass is 16.5. The number of hydrogen-bond donors (Lipinski definition) is 2. The third kappa shape index (κ3) is 6.62. The van der Waals surface area contributed by atoms with E-state index in [1.54, 1.807) is 43.5 Å². The molecule has 0 aliphatic heterocycles. The van der Waals surface area contributed by atoms with Gasteiger partial charge in [0.05, 0.1) is 20.3 Å². The molecule has 6 heteroatoms. The van der Waals surface area contributed by atoms with Crippen LogP contribution >= 0.6 is 0 Å². The molecular formula is C24H25NO5. The van der Waals surface area contributed by atoms with Crippen LogP contribution in [0.4, 0.5) is 5.69 Å². The number of aliphatic hydroxyl groups excluding tert-OH is 1. The molecule has 0 heterocycles. The van der Waals surface area contributed by atoms with E-state index in [0.29, 0.717) is 23.6 Å². The minimum Gasteiger partial charge on any atom is -0.497 e. The fraction of sp³-hybridized carbons (Fsp3) is 0.208. The summed E-state index contributed by atoms with van der Waals surface area (Å²) >= 11 is 0. The molecule has 0 spiro atoms. The Kier molecular flexibility index (Phi) is 7.83. The Morgan fingerprint density at radius 2 is 1.57 bits per heavy atom. The molecule has 30 heavy (non-hydrogen) atoms. The highest BCUT2D eigenvalue weighted by Gasteiger charge is 2.08. The summed E-state index contributed by atoms with van der Waals surface area (Å²) in [4.78, 5) is 12.2. The zero-order chi connectivity index (χ0) is 21.2. The van der Waals surface area contributed by atoms with Crippen LogP contribution in [0.25, 0.3) is 0 Å². The van der Waals surface area contributed by atoms with E-state index in [9.17, 15) is 9.90 Å². The van der Waals surface area contributed by atoms with Crippen LogP contribution in [0.15, 0.2) is 78.9 Å². The molecule has 0 unspecified atom stereocenters. The molecule has 0 aliphatic rings. The van der Waals surface area contributed by atoms with E-state index >= 15 is 0 Å². The number of ether oxygens (including phenoxy) is 3. The minimum absolute atomic E-state index is 0.109. The summed E-state index contributed by atoms with van der Waals surface area (Å²) in [5.74, 6) is 1.22. The molecule has 0 saturated carbocycles. The quantitative estimate of drug-likeness (QED) is 0.533. The third-order valence-corrected chi connectivity index (χ3v) is 4.33. The molecular weight excluding hydrogens is 382 g/mol. The average Bonchev–Trinajstić information content (AvgIpc) is 2.79. The van der Waals surface area contributed by atoms with E-state index in [0.717, 1.165) is 11.3 Å². The molecule has 0 fully saturated rings. The van der Waals surface area contributed by atoms with Crippen molar-refractivity contribution in [1.29, 1.82) is 0 Å². The topological polar surface area (TPSA) is 77.0 Å². The maximum atomic E-state index is 12.2. The fourth-order valence-electron chi connectivity index (χ4n) is 2.70. The van der Waals surface area contributed by atoms with Gasteiger partial charge >= 0.3 is 0 Å².